The molecule has 4 heteroatoms. The first-order valence-electron chi connectivity index (χ1n) is 4.09. The third-order valence-electron chi connectivity index (χ3n) is 1.22. The summed E-state index contributed by atoms with van der Waals surface area (Å²) in [5, 5.41) is 0. The molecule has 0 bridgehead atoms. The zero-order chi connectivity index (χ0) is 9.23. The molecule has 0 aromatic heterocycles. The van der Waals surface area contributed by atoms with E-state index in [0.29, 0.717) is 19.8 Å². The van der Waals surface area contributed by atoms with E-state index in [-0.39, 0.29) is 0 Å². The summed E-state index contributed by atoms with van der Waals surface area (Å²) in [6.07, 6.45) is 1.12. The van der Waals surface area contributed by atoms with Crippen molar-refractivity contribution in [2.24, 2.45) is 0 Å². The summed E-state index contributed by atoms with van der Waals surface area (Å²) in [7, 11) is 1.65. The fraction of sp³-hybridized carbons (Fsp3) is 0.875. The van der Waals surface area contributed by atoms with Gasteiger partial charge in [-0.1, -0.05) is 0 Å². The highest BCUT2D eigenvalue weighted by atomic mass is 16.7. The molecule has 0 aliphatic heterocycles. The van der Waals surface area contributed by atoms with Crippen LogP contribution in [0, 0.1) is 0 Å². The lowest BCUT2D eigenvalue weighted by molar-refractivity contribution is 0.0562. The predicted molar refractivity (Wildman–Crippen MR) is 44.1 cm³/mol. The minimum Gasteiger partial charge on any atom is -0.435 e. The Morgan fingerprint density at radius 1 is 1.17 bits per heavy atom. The molecule has 72 valence electrons. The Balaban J connectivity index is 3.03. The molecule has 0 rings (SSSR count). The lowest BCUT2D eigenvalue weighted by Crippen LogP contribution is -2.08. The average Bonchev–Trinajstić information content (AvgIpc) is 2.05. The first-order valence-corrected chi connectivity index (χ1v) is 4.09. The molecule has 0 aromatic rings. The molecule has 4 nitrogen and oxygen atoms in total. The Bertz CT molecular complexity index is 114. The van der Waals surface area contributed by atoms with E-state index in [1.807, 2.05) is 0 Å². The number of carbonyl (C=O) groups is 1. The molecule has 12 heavy (non-hydrogen) atoms. The van der Waals surface area contributed by atoms with Gasteiger partial charge in [-0.05, 0) is 19.8 Å². The van der Waals surface area contributed by atoms with Crippen molar-refractivity contribution >= 4 is 6.16 Å². The largest absolute Gasteiger partial charge is 0.508 e. The van der Waals surface area contributed by atoms with Gasteiger partial charge in [0.2, 0.25) is 0 Å². The quantitative estimate of drug-likeness (QED) is 0.455. The Hall–Kier alpha value is -0.770. The fourth-order valence-electron chi connectivity index (χ4n) is 0.663. The normalized spacial score (nSPS) is 9.50. The zero-order valence-corrected chi connectivity index (χ0v) is 7.67. The number of ether oxygens (including phenoxy) is 3. The first kappa shape index (κ1) is 11.2. The molecule has 0 radical (unpaired) electrons. The number of unbranched alkanes of at least 4 members (excludes halogenated alkanes) is 1. The summed E-state index contributed by atoms with van der Waals surface area (Å²) >= 11 is 0. The van der Waals surface area contributed by atoms with Gasteiger partial charge in [-0.15, -0.1) is 0 Å². The van der Waals surface area contributed by atoms with Crippen LogP contribution in [-0.2, 0) is 14.2 Å². The van der Waals surface area contributed by atoms with E-state index >= 15 is 0 Å². The highest BCUT2D eigenvalue weighted by molar-refractivity contribution is 5.59. The molecule has 0 amide bonds. The Labute approximate surface area is 72.8 Å². The van der Waals surface area contributed by atoms with E-state index in [2.05, 4.69) is 4.74 Å². The number of carbonyl (C=O) groups excluding carboxylic acids is 1. The molecule has 0 spiro atoms. The van der Waals surface area contributed by atoms with Crippen molar-refractivity contribution in [2.75, 3.05) is 26.9 Å². The highest BCUT2D eigenvalue weighted by Crippen LogP contribution is 1.92. The van der Waals surface area contributed by atoms with Crippen molar-refractivity contribution in [1.29, 1.82) is 0 Å². The maximum absolute atomic E-state index is 10.6. The fourth-order valence-corrected chi connectivity index (χ4v) is 0.663. The van der Waals surface area contributed by atoms with Gasteiger partial charge in [0.15, 0.2) is 0 Å². The van der Waals surface area contributed by atoms with Gasteiger partial charge in [0.1, 0.15) is 0 Å². The van der Waals surface area contributed by atoms with Gasteiger partial charge in [0, 0.05) is 13.7 Å². The van der Waals surface area contributed by atoms with E-state index in [1.54, 1.807) is 14.0 Å². The molecule has 0 saturated carbocycles. The van der Waals surface area contributed by atoms with Crippen molar-refractivity contribution in [1.82, 2.24) is 0 Å². The monoisotopic (exact) mass is 176 g/mol. The molecule has 0 aliphatic carbocycles. The summed E-state index contributed by atoms with van der Waals surface area (Å²) in [6.45, 7) is 3.21. The second kappa shape index (κ2) is 8.33. The molecule has 0 unspecified atom stereocenters. The second-order valence-corrected chi connectivity index (χ2v) is 2.23. The van der Waals surface area contributed by atoms with E-state index in [9.17, 15) is 4.79 Å². The number of methoxy groups -OCH3 is 1. The van der Waals surface area contributed by atoms with Crippen molar-refractivity contribution in [2.45, 2.75) is 19.8 Å². The van der Waals surface area contributed by atoms with Gasteiger partial charge < -0.3 is 14.2 Å². The topological polar surface area (TPSA) is 44.8 Å². The molecule has 0 saturated heterocycles. The van der Waals surface area contributed by atoms with Gasteiger partial charge in [-0.2, -0.15) is 0 Å². The first-order chi connectivity index (χ1) is 5.81. The standard InChI is InChI=1S/C8H16O4/c1-3-11-8(9)12-7-5-4-6-10-2/h3-7H2,1-2H3. The van der Waals surface area contributed by atoms with Gasteiger partial charge >= 0.3 is 6.16 Å². The SMILES string of the molecule is CCOC(=O)OCCCCOC. The van der Waals surface area contributed by atoms with Crippen LogP contribution in [0.4, 0.5) is 4.79 Å². The number of hydrogen-bond donors (Lipinski definition) is 0. The average molecular weight is 176 g/mol. The molecular weight excluding hydrogens is 160 g/mol. The van der Waals surface area contributed by atoms with E-state index in [1.165, 1.54) is 0 Å². The molecule has 0 fully saturated rings. The van der Waals surface area contributed by atoms with Crippen molar-refractivity contribution < 1.29 is 19.0 Å². The molecule has 0 aliphatic rings. The summed E-state index contributed by atoms with van der Waals surface area (Å²) < 4.78 is 14.1. The van der Waals surface area contributed by atoms with Crippen molar-refractivity contribution in [3.05, 3.63) is 0 Å². The van der Waals surface area contributed by atoms with Crippen LogP contribution < -0.4 is 0 Å². The molecule has 0 heterocycles. The molecular formula is C8H16O4. The van der Waals surface area contributed by atoms with Crippen molar-refractivity contribution in [3.8, 4) is 0 Å². The minimum absolute atomic E-state index is 0.358. The van der Waals surface area contributed by atoms with E-state index in [0.717, 1.165) is 12.8 Å². The number of rotatable bonds is 6. The maximum Gasteiger partial charge on any atom is 0.508 e. The van der Waals surface area contributed by atoms with E-state index in [4.69, 9.17) is 9.47 Å². The summed E-state index contributed by atoms with van der Waals surface area (Å²) in [6, 6.07) is 0. The Morgan fingerprint density at radius 2 is 1.83 bits per heavy atom. The Morgan fingerprint density at radius 3 is 2.42 bits per heavy atom. The van der Waals surface area contributed by atoms with Crippen LogP contribution in [0.5, 0.6) is 0 Å². The van der Waals surface area contributed by atoms with Gasteiger partial charge in [0.05, 0.1) is 13.2 Å². The lowest BCUT2D eigenvalue weighted by Gasteiger charge is -2.03. The molecule has 0 aromatic carbocycles. The van der Waals surface area contributed by atoms with Crippen LogP contribution >= 0.6 is 0 Å². The second-order valence-electron chi connectivity index (χ2n) is 2.23. The summed E-state index contributed by atoms with van der Waals surface area (Å²) in [4.78, 5) is 10.6. The molecule has 0 N–H and O–H groups in total. The Kier molecular flexibility index (Phi) is 7.79. The lowest BCUT2D eigenvalue weighted by atomic mass is 10.3. The van der Waals surface area contributed by atoms with Crippen LogP contribution in [0.1, 0.15) is 19.8 Å². The highest BCUT2D eigenvalue weighted by Gasteiger charge is 1.99. The van der Waals surface area contributed by atoms with Gasteiger partial charge in [-0.25, -0.2) is 4.79 Å². The smallest absolute Gasteiger partial charge is 0.435 e. The summed E-state index contributed by atoms with van der Waals surface area (Å²) in [5.41, 5.74) is 0. The van der Waals surface area contributed by atoms with Crippen LogP contribution in [0.25, 0.3) is 0 Å². The van der Waals surface area contributed by atoms with Gasteiger partial charge in [-0.3, -0.25) is 0 Å². The van der Waals surface area contributed by atoms with Gasteiger partial charge in [0.25, 0.3) is 0 Å². The molecule has 0 atom stereocenters. The third kappa shape index (κ3) is 7.34. The van der Waals surface area contributed by atoms with Crippen LogP contribution in [0.15, 0.2) is 0 Å². The van der Waals surface area contributed by atoms with Crippen LogP contribution in [0.2, 0.25) is 0 Å². The zero-order valence-electron chi connectivity index (χ0n) is 7.67. The maximum atomic E-state index is 10.6. The third-order valence-corrected chi connectivity index (χ3v) is 1.22. The summed E-state index contributed by atoms with van der Waals surface area (Å²) in [5.74, 6) is 0. The van der Waals surface area contributed by atoms with Crippen LogP contribution in [0.3, 0.4) is 0 Å². The van der Waals surface area contributed by atoms with E-state index < -0.39 is 6.16 Å². The predicted octanol–water partition coefficient (Wildman–Crippen LogP) is 1.59. The van der Waals surface area contributed by atoms with Crippen molar-refractivity contribution in [3.63, 3.8) is 0 Å². The number of hydrogen-bond acceptors (Lipinski definition) is 4. The minimum atomic E-state index is -0.588. The van der Waals surface area contributed by atoms with Crippen LogP contribution in [-0.4, -0.2) is 33.1 Å².